The van der Waals surface area contributed by atoms with E-state index in [0.29, 0.717) is 23.0 Å². The number of phenolic OH excluding ortho intramolecular Hbond substituents is 4. The van der Waals surface area contributed by atoms with Crippen LogP contribution in [0.3, 0.4) is 0 Å². The standard InChI is InChI=1S/C73H100O8/c1-65(2,3)53-37-49(38-54(61(53)74)66(4,5)6)29-25-33-78-45-73(46-79-34-26-30-50-39-55(67(7,8)9)62(75)56(40-50)68(10,11)12,47-80-35-27-31-51-41-57(69(13,14)15)63(76)58(42-51)70(16,17)18)48-81-36-28-32-52-43-59(71(19,20)21)64(77)60(44-52)72(22,23)24/h37-44,74-77H,33-36,45-48H2,1-24H3. The zero-order valence-electron chi connectivity index (χ0n) is 54.2. The van der Waals surface area contributed by atoms with Gasteiger partial charge in [0.1, 0.15) is 49.4 Å². The number of benzene rings is 4. The van der Waals surface area contributed by atoms with E-state index in [-0.39, 0.29) is 96.2 Å². The molecule has 0 aliphatic carbocycles. The second-order valence-corrected chi connectivity index (χ2v) is 30.4. The molecule has 0 aliphatic heterocycles. The first kappa shape index (κ1) is 67.7. The fourth-order valence-corrected chi connectivity index (χ4v) is 9.48. The Morgan fingerprint density at radius 1 is 0.259 bits per heavy atom. The molecule has 4 N–H and O–H groups in total. The van der Waals surface area contributed by atoms with Gasteiger partial charge in [-0.15, -0.1) is 0 Å². The molecular formula is C73H100O8. The molecule has 0 radical (unpaired) electrons. The van der Waals surface area contributed by atoms with Crippen molar-refractivity contribution >= 4 is 0 Å². The van der Waals surface area contributed by atoms with Crippen LogP contribution in [0.25, 0.3) is 0 Å². The molecular weight excluding hydrogens is 1000 g/mol. The van der Waals surface area contributed by atoms with E-state index < -0.39 is 5.41 Å². The van der Waals surface area contributed by atoms with Crippen molar-refractivity contribution in [1.82, 2.24) is 0 Å². The van der Waals surface area contributed by atoms with Crippen LogP contribution in [0.4, 0.5) is 0 Å². The van der Waals surface area contributed by atoms with Gasteiger partial charge in [-0.3, -0.25) is 0 Å². The zero-order chi connectivity index (χ0) is 61.5. The van der Waals surface area contributed by atoms with Gasteiger partial charge in [0, 0.05) is 66.8 Å². The molecule has 0 spiro atoms. The zero-order valence-corrected chi connectivity index (χ0v) is 54.2. The molecule has 0 atom stereocenters. The van der Waals surface area contributed by atoms with Gasteiger partial charge in [-0.1, -0.05) is 214 Å². The van der Waals surface area contributed by atoms with Gasteiger partial charge in [-0.05, 0) is 91.9 Å². The summed E-state index contributed by atoms with van der Waals surface area (Å²) in [6, 6.07) is 15.7. The molecule has 0 aromatic heterocycles. The average molecular weight is 1110 g/mol. The summed E-state index contributed by atoms with van der Waals surface area (Å²) in [5, 5.41) is 45.5. The summed E-state index contributed by atoms with van der Waals surface area (Å²) in [7, 11) is 0. The van der Waals surface area contributed by atoms with Crippen molar-refractivity contribution in [2.24, 2.45) is 5.41 Å². The van der Waals surface area contributed by atoms with Crippen LogP contribution < -0.4 is 0 Å². The Balaban J connectivity index is 1.79. The quantitative estimate of drug-likeness (QED) is 0.0819. The smallest absolute Gasteiger partial charge is 0.123 e. The summed E-state index contributed by atoms with van der Waals surface area (Å²) in [4.78, 5) is 0. The van der Waals surface area contributed by atoms with Gasteiger partial charge in [-0.2, -0.15) is 0 Å². The van der Waals surface area contributed by atoms with Crippen molar-refractivity contribution in [3.63, 3.8) is 0 Å². The summed E-state index contributed by atoms with van der Waals surface area (Å²) in [6.45, 7) is 50.9. The minimum atomic E-state index is -0.893. The SMILES string of the molecule is CC(C)(C)c1cc(C#CCOCC(COCC#Cc2cc(C(C)(C)C)c(O)c(C(C)(C)C)c2)(COCC#Cc2cc(C(C)(C)C)c(O)c(C(C)(C)C)c2)COCC#Cc2cc(C(C)(C)C)c(O)c(C(C)(C)C)c2)cc(C(C)(C)C)c1O. The largest absolute Gasteiger partial charge is 0.507 e. The summed E-state index contributed by atoms with van der Waals surface area (Å²) in [5.74, 6) is 27.4. The van der Waals surface area contributed by atoms with Crippen LogP contribution >= 0.6 is 0 Å². The second-order valence-electron chi connectivity index (χ2n) is 30.4. The van der Waals surface area contributed by atoms with Crippen LogP contribution in [0.2, 0.25) is 0 Å². The molecule has 0 saturated heterocycles. The molecule has 8 nitrogen and oxygen atoms in total. The first-order chi connectivity index (χ1) is 36.9. The summed E-state index contributed by atoms with van der Waals surface area (Å²) in [5.41, 5.74) is 6.44. The highest BCUT2D eigenvalue weighted by molar-refractivity contribution is 5.57. The highest BCUT2D eigenvalue weighted by Crippen LogP contribution is 2.43. The van der Waals surface area contributed by atoms with Crippen LogP contribution in [0.15, 0.2) is 48.5 Å². The lowest BCUT2D eigenvalue weighted by Gasteiger charge is -2.32. The van der Waals surface area contributed by atoms with Crippen molar-refractivity contribution in [3.8, 4) is 70.4 Å². The Morgan fingerprint density at radius 2 is 0.395 bits per heavy atom. The Kier molecular flexibility index (Phi) is 21.5. The number of hydrogen-bond acceptors (Lipinski definition) is 8. The lowest BCUT2D eigenvalue weighted by molar-refractivity contribution is -0.0920. The number of rotatable bonds is 12. The molecule has 440 valence electrons. The highest BCUT2D eigenvalue weighted by Gasteiger charge is 2.34. The third kappa shape index (κ3) is 19.1. The maximum atomic E-state index is 11.4. The van der Waals surface area contributed by atoms with Crippen molar-refractivity contribution in [3.05, 3.63) is 115 Å². The minimum Gasteiger partial charge on any atom is -0.507 e. The van der Waals surface area contributed by atoms with E-state index in [1.807, 2.05) is 48.5 Å². The first-order valence-corrected chi connectivity index (χ1v) is 28.7. The van der Waals surface area contributed by atoms with Gasteiger partial charge in [0.15, 0.2) is 0 Å². The molecule has 0 aliphatic rings. The number of aromatic hydroxyl groups is 4. The topological polar surface area (TPSA) is 118 Å². The van der Waals surface area contributed by atoms with Gasteiger partial charge in [0.05, 0.1) is 31.8 Å². The predicted molar refractivity (Wildman–Crippen MR) is 335 cm³/mol. The van der Waals surface area contributed by atoms with E-state index in [9.17, 15) is 20.4 Å². The van der Waals surface area contributed by atoms with Crippen LogP contribution in [-0.4, -0.2) is 73.3 Å². The van der Waals surface area contributed by atoms with Crippen LogP contribution in [0.1, 0.15) is 233 Å². The molecule has 4 rings (SSSR count). The molecule has 0 fully saturated rings. The number of phenols is 4. The normalized spacial score (nSPS) is 12.8. The van der Waals surface area contributed by atoms with E-state index in [1.165, 1.54) is 0 Å². The van der Waals surface area contributed by atoms with E-state index in [4.69, 9.17) is 18.9 Å². The Bertz CT molecular complexity index is 2550. The summed E-state index contributed by atoms with van der Waals surface area (Å²) >= 11 is 0. The fourth-order valence-electron chi connectivity index (χ4n) is 9.48. The molecule has 8 heteroatoms. The Labute approximate surface area is 490 Å². The van der Waals surface area contributed by atoms with Crippen molar-refractivity contribution in [2.75, 3.05) is 52.9 Å². The van der Waals surface area contributed by atoms with Gasteiger partial charge in [0.2, 0.25) is 0 Å². The van der Waals surface area contributed by atoms with E-state index in [1.54, 1.807) is 0 Å². The van der Waals surface area contributed by atoms with Crippen molar-refractivity contribution < 1.29 is 39.4 Å². The average Bonchev–Trinajstić information content (AvgIpc) is 3.29. The molecule has 0 bridgehead atoms. The second kappa shape index (κ2) is 25.7. The Hall–Kier alpha value is -5.84. The first-order valence-electron chi connectivity index (χ1n) is 28.7. The number of hydrogen-bond donors (Lipinski definition) is 4. The molecule has 0 amide bonds. The van der Waals surface area contributed by atoms with Crippen LogP contribution in [-0.2, 0) is 62.3 Å². The third-order valence-electron chi connectivity index (χ3n) is 14.2. The lowest BCUT2D eigenvalue weighted by Crippen LogP contribution is -2.42. The Morgan fingerprint density at radius 3 is 0.519 bits per heavy atom. The van der Waals surface area contributed by atoms with Crippen LogP contribution in [0.5, 0.6) is 23.0 Å². The van der Waals surface area contributed by atoms with Gasteiger partial charge >= 0.3 is 0 Å². The van der Waals surface area contributed by atoms with Gasteiger partial charge < -0.3 is 39.4 Å². The molecule has 4 aromatic rings. The van der Waals surface area contributed by atoms with E-state index >= 15 is 0 Å². The minimum absolute atomic E-state index is 0.0883. The summed E-state index contributed by atoms with van der Waals surface area (Å²) in [6.07, 6.45) is 0. The van der Waals surface area contributed by atoms with Gasteiger partial charge in [0.25, 0.3) is 0 Å². The predicted octanol–water partition coefficient (Wildman–Crippen LogP) is 15.4. The lowest BCUT2D eigenvalue weighted by atomic mass is 9.78. The fraction of sp³-hybridized carbons (Fsp3) is 0.562. The van der Waals surface area contributed by atoms with Crippen molar-refractivity contribution in [2.45, 2.75) is 209 Å². The van der Waals surface area contributed by atoms with E-state index in [2.05, 4.69) is 214 Å². The monoisotopic (exact) mass is 1100 g/mol. The van der Waals surface area contributed by atoms with E-state index in [0.717, 1.165) is 66.8 Å². The van der Waals surface area contributed by atoms with Gasteiger partial charge in [-0.25, -0.2) is 0 Å². The van der Waals surface area contributed by atoms with Crippen LogP contribution in [0, 0.1) is 52.8 Å². The molecule has 4 aromatic carbocycles. The maximum Gasteiger partial charge on any atom is 0.123 e. The van der Waals surface area contributed by atoms with Crippen molar-refractivity contribution in [1.29, 1.82) is 0 Å². The molecule has 81 heavy (non-hydrogen) atoms. The molecule has 0 heterocycles. The molecule has 0 saturated carbocycles. The third-order valence-corrected chi connectivity index (χ3v) is 14.2. The molecule has 0 unspecified atom stereocenters. The maximum absolute atomic E-state index is 11.4. The number of ether oxygens (including phenoxy) is 4. The summed E-state index contributed by atoms with van der Waals surface area (Å²) < 4.78 is 25.9. The highest BCUT2D eigenvalue weighted by atomic mass is 16.5.